The summed E-state index contributed by atoms with van der Waals surface area (Å²) in [6, 6.07) is 6.05. The van der Waals surface area contributed by atoms with Gasteiger partial charge in [-0.1, -0.05) is 24.3 Å². The lowest BCUT2D eigenvalue weighted by Gasteiger charge is -1.97. The fraction of sp³-hybridized carbons (Fsp3) is 0.300. The highest BCUT2D eigenvalue weighted by Gasteiger charge is 2.08. The first-order valence-corrected chi connectivity index (χ1v) is 4.49. The molecule has 1 aromatic carbocycles. The molecule has 2 N–H and O–H groups in total. The van der Waals surface area contributed by atoms with Crippen molar-refractivity contribution in [2.45, 2.75) is 0 Å². The fourth-order valence-corrected chi connectivity index (χ4v) is 0.747. The number of hydrogen-bond acceptors (Lipinski definition) is 4. The average Bonchev–Trinajstić information content (AvgIpc) is 2.17. The molecule has 0 bridgehead atoms. The molecule has 0 unspecified atom stereocenters. The molecule has 0 radical (unpaired) electrons. The van der Waals surface area contributed by atoms with Crippen molar-refractivity contribution >= 4 is 18.9 Å². The largest absolute Gasteiger partial charge is 0.488 e. The number of hydrogen-bond donors (Lipinski definition) is 2. The Labute approximate surface area is 90.3 Å². The summed E-state index contributed by atoms with van der Waals surface area (Å²) in [6.45, 7) is 0. The second kappa shape index (κ2) is 7.17. The Morgan fingerprint density at radius 2 is 1.53 bits per heavy atom. The summed E-state index contributed by atoms with van der Waals surface area (Å²) >= 11 is 0. The molecule has 4 nitrogen and oxygen atoms in total. The SMILES string of the molecule is CN(C)C.O=Cc1ccc(B(O)O)cc1. The lowest BCUT2D eigenvalue weighted by atomic mass is 9.80. The summed E-state index contributed by atoms with van der Waals surface area (Å²) in [5.74, 6) is 0. The Bertz CT molecular complexity index is 282. The molecule has 82 valence electrons. The third-order valence-electron chi connectivity index (χ3n) is 1.37. The third-order valence-corrected chi connectivity index (χ3v) is 1.37. The summed E-state index contributed by atoms with van der Waals surface area (Å²) in [6.07, 6.45) is 0.702. The van der Waals surface area contributed by atoms with E-state index in [4.69, 9.17) is 10.0 Å². The van der Waals surface area contributed by atoms with E-state index in [2.05, 4.69) is 0 Å². The minimum atomic E-state index is -1.46. The Balaban J connectivity index is 0.000000423. The van der Waals surface area contributed by atoms with Crippen LogP contribution in [-0.4, -0.2) is 49.5 Å². The van der Waals surface area contributed by atoms with E-state index in [1.807, 2.05) is 26.0 Å². The summed E-state index contributed by atoms with van der Waals surface area (Å²) in [5.41, 5.74) is 0.907. The minimum absolute atomic E-state index is 0.385. The first-order valence-electron chi connectivity index (χ1n) is 4.49. The van der Waals surface area contributed by atoms with Gasteiger partial charge in [0.05, 0.1) is 0 Å². The van der Waals surface area contributed by atoms with Gasteiger partial charge in [-0.05, 0) is 26.6 Å². The van der Waals surface area contributed by atoms with Crippen LogP contribution in [0.1, 0.15) is 10.4 Å². The molecule has 0 saturated heterocycles. The van der Waals surface area contributed by atoms with Crippen LogP contribution in [-0.2, 0) is 0 Å². The van der Waals surface area contributed by atoms with E-state index < -0.39 is 7.12 Å². The van der Waals surface area contributed by atoms with Crippen molar-refractivity contribution in [3.05, 3.63) is 29.8 Å². The Morgan fingerprint density at radius 1 is 1.13 bits per heavy atom. The maximum absolute atomic E-state index is 10.2. The fourth-order valence-electron chi connectivity index (χ4n) is 0.747. The number of nitrogens with zero attached hydrogens (tertiary/aromatic N) is 1. The highest BCUT2D eigenvalue weighted by molar-refractivity contribution is 6.58. The van der Waals surface area contributed by atoms with Gasteiger partial charge in [0.15, 0.2) is 0 Å². The number of rotatable bonds is 2. The van der Waals surface area contributed by atoms with Gasteiger partial charge < -0.3 is 14.9 Å². The van der Waals surface area contributed by atoms with Crippen LogP contribution in [0.15, 0.2) is 24.3 Å². The molecule has 1 aromatic rings. The number of carbonyl (C=O) groups excluding carboxylic acids is 1. The monoisotopic (exact) mass is 209 g/mol. The van der Waals surface area contributed by atoms with Crippen LogP contribution in [0.2, 0.25) is 0 Å². The van der Waals surface area contributed by atoms with E-state index in [0.717, 1.165) is 0 Å². The summed E-state index contributed by atoms with van der Waals surface area (Å²) < 4.78 is 0. The van der Waals surface area contributed by atoms with Gasteiger partial charge in [-0.2, -0.15) is 0 Å². The second-order valence-corrected chi connectivity index (χ2v) is 3.50. The van der Waals surface area contributed by atoms with Crippen LogP contribution in [0.5, 0.6) is 0 Å². The molecule has 0 spiro atoms. The van der Waals surface area contributed by atoms with Crippen LogP contribution in [0.4, 0.5) is 0 Å². The van der Waals surface area contributed by atoms with Gasteiger partial charge in [-0.25, -0.2) is 0 Å². The summed E-state index contributed by atoms with van der Waals surface area (Å²) in [5, 5.41) is 17.3. The quantitative estimate of drug-likeness (QED) is 0.502. The molecule has 1 rings (SSSR count). The lowest BCUT2D eigenvalue weighted by Crippen LogP contribution is -2.29. The zero-order valence-electron chi connectivity index (χ0n) is 9.21. The van der Waals surface area contributed by atoms with Crippen molar-refractivity contribution in [1.29, 1.82) is 0 Å². The van der Waals surface area contributed by atoms with E-state index in [9.17, 15) is 4.79 Å². The average molecular weight is 209 g/mol. The molecule has 0 aliphatic rings. The highest BCUT2D eigenvalue weighted by atomic mass is 16.4. The van der Waals surface area contributed by atoms with Gasteiger partial charge in [0.25, 0.3) is 0 Å². The molecule has 0 aliphatic carbocycles. The summed E-state index contributed by atoms with van der Waals surface area (Å²) in [7, 11) is 4.54. The molecule has 0 aromatic heterocycles. The van der Waals surface area contributed by atoms with Gasteiger partial charge in [-0.15, -0.1) is 0 Å². The van der Waals surface area contributed by atoms with Crippen molar-refractivity contribution in [3.63, 3.8) is 0 Å². The van der Waals surface area contributed by atoms with Crippen molar-refractivity contribution in [2.75, 3.05) is 21.1 Å². The lowest BCUT2D eigenvalue weighted by molar-refractivity contribution is 0.112. The van der Waals surface area contributed by atoms with Gasteiger partial charge in [0.1, 0.15) is 6.29 Å². The highest BCUT2D eigenvalue weighted by Crippen LogP contribution is 1.91. The first kappa shape index (κ1) is 13.8. The molecule has 0 fully saturated rings. The molecule has 0 saturated carbocycles. The smallest absolute Gasteiger partial charge is 0.423 e. The van der Waals surface area contributed by atoms with Crippen molar-refractivity contribution in [1.82, 2.24) is 4.90 Å². The van der Waals surface area contributed by atoms with Crippen molar-refractivity contribution < 1.29 is 14.8 Å². The molecule has 15 heavy (non-hydrogen) atoms. The van der Waals surface area contributed by atoms with E-state index in [1.165, 1.54) is 24.3 Å². The second-order valence-electron chi connectivity index (χ2n) is 3.50. The van der Waals surface area contributed by atoms with Crippen LogP contribution in [0.3, 0.4) is 0 Å². The molecular weight excluding hydrogens is 193 g/mol. The molecule has 0 atom stereocenters. The minimum Gasteiger partial charge on any atom is -0.423 e. The van der Waals surface area contributed by atoms with Crippen LogP contribution >= 0.6 is 0 Å². The van der Waals surface area contributed by atoms with E-state index >= 15 is 0 Å². The van der Waals surface area contributed by atoms with E-state index in [1.54, 1.807) is 0 Å². The maximum Gasteiger partial charge on any atom is 0.488 e. The standard InChI is InChI=1S/C7H7BO3.C3H9N/c9-5-6-1-3-7(4-2-6)8(10)11;1-4(2)3/h1-5,10-11H;1-3H3. The van der Waals surface area contributed by atoms with Gasteiger partial charge in [0, 0.05) is 5.56 Å². The van der Waals surface area contributed by atoms with Crippen LogP contribution < -0.4 is 5.46 Å². The number of benzene rings is 1. The Morgan fingerprint density at radius 3 is 1.80 bits per heavy atom. The van der Waals surface area contributed by atoms with Gasteiger partial charge in [-0.3, -0.25) is 4.79 Å². The number of aldehydes is 1. The maximum atomic E-state index is 10.2. The molecule has 0 aliphatic heterocycles. The zero-order chi connectivity index (χ0) is 11.8. The predicted molar refractivity (Wildman–Crippen MR) is 61.3 cm³/mol. The van der Waals surface area contributed by atoms with Crippen LogP contribution in [0.25, 0.3) is 0 Å². The van der Waals surface area contributed by atoms with Gasteiger partial charge >= 0.3 is 7.12 Å². The van der Waals surface area contributed by atoms with E-state index in [-0.39, 0.29) is 0 Å². The molecule has 0 heterocycles. The third kappa shape index (κ3) is 6.85. The first-order chi connectivity index (χ1) is 6.97. The van der Waals surface area contributed by atoms with Crippen molar-refractivity contribution in [3.8, 4) is 0 Å². The molecule has 5 heteroatoms. The molecule has 0 amide bonds. The van der Waals surface area contributed by atoms with Crippen molar-refractivity contribution in [2.24, 2.45) is 0 Å². The normalized spacial score (nSPS) is 9.20. The van der Waals surface area contributed by atoms with Crippen LogP contribution in [0, 0.1) is 0 Å². The molecular formula is C10H16BNO3. The topological polar surface area (TPSA) is 60.8 Å². The summed E-state index contributed by atoms with van der Waals surface area (Å²) in [4.78, 5) is 12.2. The Hall–Kier alpha value is -1.17. The Kier molecular flexibility index (Phi) is 6.61. The zero-order valence-corrected chi connectivity index (χ0v) is 9.21. The van der Waals surface area contributed by atoms with E-state index in [0.29, 0.717) is 17.3 Å². The predicted octanol–water partition coefficient (Wildman–Crippen LogP) is -0.643. The number of carbonyl (C=O) groups is 1. The van der Waals surface area contributed by atoms with Gasteiger partial charge in [0.2, 0.25) is 0 Å².